The zero-order valence-electron chi connectivity index (χ0n) is 13.0. The molecule has 0 radical (unpaired) electrons. The van der Waals surface area contributed by atoms with Crippen LogP contribution in [0.5, 0.6) is 0 Å². The van der Waals surface area contributed by atoms with Crippen molar-refractivity contribution in [1.82, 2.24) is 5.32 Å². The maximum absolute atomic E-state index is 5.89. The molecule has 0 aromatic heterocycles. The van der Waals surface area contributed by atoms with Crippen LogP contribution in [0.25, 0.3) is 0 Å². The van der Waals surface area contributed by atoms with E-state index in [0.29, 0.717) is 16.7 Å². The van der Waals surface area contributed by atoms with Crippen molar-refractivity contribution in [3.05, 3.63) is 0 Å². The standard InChI is InChI=1S/C16H34N2/c1-15(2,3)10-14(11-17)12-18-13-16(4)8-6-5-7-9-16/h14,18H,5-13,17H2,1-4H3. The SMILES string of the molecule is CC(C)(C)CC(CN)CNCC1(C)CCCCC1. The van der Waals surface area contributed by atoms with Crippen molar-refractivity contribution in [3.8, 4) is 0 Å². The Morgan fingerprint density at radius 1 is 1.17 bits per heavy atom. The Kier molecular flexibility index (Phi) is 6.13. The summed E-state index contributed by atoms with van der Waals surface area (Å²) < 4.78 is 0. The molecule has 2 nitrogen and oxygen atoms in total. The first kappa shape index (κ1) is 16.0. The molecule has 3 N–H and O–H groups in total. The molecule has 0 heterocycles. The van der Waals surface area contributed by atoms with Gasteiger partial charge in [0.25, 0.3) is 0 Å². The third-order valence-corrected chi connectivity index (χ3v) is 4.28. The molecule has 0 aliphatic heterocycles. The highest BCUT2D eigenvalue weighted by molar-refractivity contribution is 4.81. The fourth-order valence-corrected chi connectivity index (χ4v) is 3.27. The number of hydrogen-bond donors (Lipinski definition) is 2. The molecule has 1 aliphatic rings. The van der Waals surface area contributed by atoms with Gasteiger partial charge in [-0.25, -0.2) is 0 Å². The van der Waals surface area contributed by atoms with Gasteiger partial charge in [-0.05, 0) is 49.1 Å². The number of hydrogen-bond acceptors (Lipinski definition) is 2. The molecule has 0 saturated heterocycles. The van der Waals surface area contributed by atoms with E-state index >= 15 is 0 Å². The average molecular weight is 254 g/mol. The van der Waals surface area contributed by atoms with Crippen molar-refractivity contribution in [1.29, 1.82) is 0 Å². The van der Waals surface area contributed by atoms with Crippen LogP contribution >= 0.6 is 0 Å². The molecule has 0 spiro atoms. The van der Waals surface area contributed by atoms with Crippen molar-refractivity contribution in [2.75, 3.05) is 19.6 Å². The van der Waals surface area contributed by atoms with Crippen LogP contribution in [0.4, 0.5) is 0 Å². The summed E-state index contributed by atoms with van der Waals surface area (Å²) in [5.74, 6) is 0.622. The number of rotatable bonds is 6. The maximum Gasteiger partial charge on any atom is 0.000528 e. The van der Waals surface area contributed by atoms with Crippen LogP contribution < -0.4 is 11.1 Å². The van der Waals surface area contributed by atoms with Gasteiger partial charge in [0.15, 0.2) is 0 Å². The molecule has 0 aromatic carbocycles. The summed E-state index contributed by atoms with van der Waals surface area (Å²) in [6.45, 7) is 12.4. The summed E-state index contributed by atoms with van der Waals surface area (Å²) in [6, 6.07) is 0. The van der Waals surface area contributed by atoms with Crippen LogP contribution in [-0.2, 0) is 0 Å². The van der Waals surface area contributed by atoms with Gasteiger partial charge in [-0.3, -0.25) is 0 Å². The van der Waals surface area contributed by atoms with Crippen LogP contribution in [-0.4, -0.2) is 19.6 Å². The lowest BCUT2D eigenvalue weighted by atomic mass is 9.75. The summed E-state index contributed by atoms with van der Waals surface area (Å²) in [4.78, 5) is 0. The summed E-state index contributed by atoms with van der Waals surface area (Å²) >= 11 is 0. The van der Waals surface area contributed by atoms with Crippen molar-refractivity contribution >= 4 is 0 Å². The Bertz CT molecular complexity index is 224. The van der Waals surface area contributed by atoms with E-state index in [0.717, 1.165) is 13.1 Å². The Morgan fingerprint density at radius 2 is 1.78 bits per heavy atom. The molecule has 18 heavy (non-hydrogen) atoms. The van der Waals surface area contributed by atoms with E-state index in [1.165, 1.54) is 45.1 Å². The summed E-state index contributed by atoms with van der Waals surface area (Å²) in [5.41, 5.74) is 6.82. The highest BCUT2D eigenvalue weighted by Crippen LogP contribution is 2.35. The predicted octanol–water partition coefficient (Wildman–Crippen LogP) is 3.56. The van der Waals surface area contributed by atoms with Gasteiger partial charge < -0.3 is 11.1 Å². The minimum Gasteiger partial charge on any atom is -0.330 e. The van der Waals surface area contributed by atoms with Gasteiger partial charge in [0, 0.05) is 6.54 Å². The summed E-state index contributed by atoms with van der Waals surface area (Å²) in [6.07, 6.45) is 8.28. The molecular formula is C16H34N2. The van der Waals surface area contributed by atoms with Crippen molar-refractivity contribution < 1.29 is 0 Å². The second-order valence-electron chi connectivity index (χ2n) is 7.87. The molecule has 0 bridgehead atoms. The second kappa shape index (κ2) is 6.91. The van der Waals surface area contributed by atoms with E-state index in [4.69, 9.17) is 5.73 Å². The molecule has 0 amide bonds. The average Bonchev–Trinajstić information content (AvgIpc) is 2.27. The van der Waals surface area contributed by atoms with Crippen LogP contribution in [0.3, 0.4) is 0 Å². The van der Waals surface area contributed by atoms with E-state index in [1.807, 2.05) is 0 Å². The lowest BCUT2D eigenvalue weighted by molar-refractivity contribution is 0.199. The fraction of sp³-hybridized carbons (Fsp3) is 1.00. The van der Waals surface area contributed by atoms with Crippen molar-refractivity contribution in [2.24, 2.45) is 22.5 Å². The predicted molar refractivity (Wildman–Crippen MR) is 80.7 cm³/mol. The van der Waals surface area contributed by atoms with E-state index in [9.17, 15) is 0 Å². The lowest BCUT2D eigenvalue weighted by Gasteiger charge is -2.34. The van der Waals surface area contributed by atoms with E-state index in [2.05, 4.69) is 33.0 Å². The van der Waals surface area contributed by atoms with E-state index in [1.54, 1.807) is 0 Å². The molecule has 1 saturated carbocycles. The normalized spacial score (nSPS) is 21.8. The quantitative estimate of drug-likeness (QED) is 0.760. The zero-order chi connectivity index (χ0) is 13.6. The third kappa shape index (κ3) is 6.19. The first-order chi connectivity index (χ1) is 8.35. The molecule has 1 rings (SSSR count). The molecule has 2 heteroatoms. The Morgan fingerprint density at radius 3 is 2.28 bits per heavy atom. The molecule has 0 aromatic rings. The topological polar surface area (TPSA) is 38.0 Å². The van der Waals surface area contributed by atoms with Crippen LogP contribution in [0.1, 0.15) is 66.2 Å². The molecule has 108 valence electrons. The molecule has 1 aliphatic carbocycles. The smallest absolute Gasteiger partial charge is 0.000528 e. The molecule has 1 fully saturated rings. The largest absolute Gasteiger partial charge is 0.330 e. The van der Waals surface area contributed by atoms with Gasteiger partial charge in [0.05, 0.1) is 0 Å². The summed E-state index contributed by atoms with van der Waals surface area (Å²) in [7, 11) is 0. The third-order valence-electron chi connectivity index (χ3n) is 4.28. The minimum absolute atomic E-state index is 0.389. The van der Waals surface area contributed by atoms with Crippen molar-refractivity contribution in [3.63, 3.8) is 0 Å². The monoisotopic (exact) mass is 254 g/mol. The van der Waals surface area contributed by atoms with Gasteiger partial charge >= 0.3 is 0 Å². The second-order valence-corrected chi connectivity index (χ2v) is 7.87. The van der Waals surface area contributed by atoms with Gasteiger partial charge in [0.2, 0.25) is 0 Å². The first-order valence-electron chi connectivity index (χ1n) is 7.75. The Hall–Kier alpha value is -0.0800. The van der Waals surface area contributed by atoms with Gasteiger partial charge in [-0.2, -0.15) is 0 Å². The van der Waals surface area contributed by atoms with Gasteiger partial charge in [-0.15, -0.1) is 0 Å². The van der Waals surface area contributed by atoms with Crippen LogP contribution in [0.2, 0.25) is 0 Å². The molecular weight excluding hydrogens is 220 g/mol. The van der Waals surface area contributed by atoms with E-state index in [-0.39, 0.29) is 0 Å². The molecule has 1 atom stereocenters. The van der Waals surface area contributed by atoms with E-state index < -0.39 is 0 Å². The number of nitrogens with two attached hydrogens (primary N) is 1. The minimum atomic E-state index is 0.389. The van der Waals surface area contributed by atoms with Crippen molar-refractivity contribution in [2.45, 2.75) is 66.2 Å². The van der Waals surface area contributed by atoms with Crippen LogP contribution in [0, 0.1) is 16.7 Å². The van der Waals surface area contributed by atoms with Gasteiger partial charge in [0.1, 0.15) is 0 Å². The fourth-order valence-electron chi connectivity index (χ4n) is 3.27. The lowest BCUT2D eigenvalue weighted by Crippen LogP contribution is -2.38. The zero-order valence-corrected chi connectivity index (χ0v) is 13.0. The first-order valence-corrected chi connectivity index (χ1v) is 7.75. The number of nitrogens with one attached hydrogen (secondary N) is 1. The Balaban J connectivity index is 2.26. The highest BCUT2D eigenvalue weighted by Gasteiger charge is 2.26. The van der Waals surface area contributed by atoms with Gasteiger partial charge in [-0.1, -0.05) is 47.0 Å². The molecule has 1 unspecified atom stereocenters. The Labute approximate surface area is 114 Å². The maximum atomic E-state index is 5.89. The highest BCUT2D eigenvalue weighted by atomic mass is 14.9. The van der Waals surface area contributed by atoms with Crippen LogP contribution in [0.15, 0.2) is 0 Å². The summed E-state index contributed by atoms with van der Waals surface area (Å²) in [5, 5.41) is 3.69.